The van der Waals surface area contributed by atoms with Gasteiger partial charge in [-0.25, -0.2) is 9.97 Å². The molecule has 26 heavy (non-hydrogen) atoms. The van der Waals surface area contributed by atoms with Crippen LogP contribution >= 0.6 is 0 Å². The highest BCUT2D eigenvalue weighted by atomic mass is 16.2. The van der Waals surface area contributed by atoms with Gasteiger partial charge in [0.1, 0.15) is 5.69 Å². The van der Waals surface area contributed by atoms with Crippen LogP contribution in [0, 0.1) is 6.92 Å². The summed E-state index contributed by atoms with van der Waals surface area (Å²) in [7, 11) is 0. The van der Waals surface area contributed by atoms with E-state index in [2.05, 4.69) is 20.3 Å². The monoisotopic (exact) mass is 347 g/mol. The lowest BCUT2D eigenvalue weighted by Crippen LogP contribution is -2.17. The zero-order valence-electron chi connectivity index (χ0n) is 14.4. The predicted molar refractivity (Wildman–Crippen MR) is 98.8 cm³/mol. The van der Waals surface area contributed by atoms with Crippen LogP contribution < -0.4 is 11.1 Å². The van der Waals surface area contributed by atoms with Gasteiger partial charge in [-0.2, -0.15) is 0 Å². The van der Waals surface area contributed by atoms with Gasteiger partial charge in [0.2, 0.25) is 0 Å². The molecule has 1 amide bonds. The molecule has 0 radical (unpaired) electrons. The molecule has 0 saturated carbocycles. The Morgan fingerprint density at radius 2 is 1.73 bits per heavy atom. The minimum Gasteiger partial charge on any atom is -0.382 e. The molecule has 7 heteroatoms. The summed E-state index contributed by atoms with van der Waals surface area (Å²) in [4.78, 5) is 36.2. The molecule has 1 aromatic carbocycles. The first-order chi connectivity index (χ1) is 12.4. The molecular formula is C19H17N5O2. The Morgan fingerprint density at radius 3 is 2.35 bits per heavy atom. The Kier molecular flexibility index (Phi) is 4.70. The number of carbonyl (C=O) groups excluding carboxylic acids is 2. The topological polar surface area (TPSA) is 111 Å². The second-order valence-corrected chi connectivity index (χ2v) is 5.80. The Bertz CT molecular complexity index is 966. The summed E-state index contributed by atoms with van der Waals surface area (Å²) in [5.41, 5.74) is 9.11. The maximum absolute atomic E-state index is 12.5. The lowest BCUT2D eigenvalue weighted by Gasteiger charge is -2.08. The minimum atomic E-state index is -0.499. The van der Waals surface area contributed by atoms with Gasteiger partial charge >= 0.3 is 0 Å². The van der Waals surface area contributed by atoms with Crippen molar-refractivity contribution in [3.63, 3.8) is 0 Å². The zero-order valence-corrected chi connectivity index (χ0v) is 14.4. The number of pyridine rings is 1. The van der Waals surface area contributed by atoms with Gasteiger partial charge in [0.15, 0.2) is 17.3 Å². The van der Waals surface area contributed by atoms with Crippen LogP contribution in [0.5, 0.6) is 0 Å². The average Bonchev–Trinajstić information content (AvgIpc) is 2.63. The van der Waals surface area contributed by atoms with E-state index < -0.39 is 5.91 Å². The number of rotatable bonds is 4. The van der Waals surface area contributed by atoms with Gasteiger partial charge in [0.25, 0.3) is 5.91 Å². The molecule has 0 spiro atoms. The van der Waals surface area contributed by atoms with Crippen LogP contribution in [-0.4, -0.2) is 26.6 Å². The zero-order chi connectivity index (χ0) is 18.7. The fourth-order valence-electron chi connectivity index (χ4n) is 2.30. The van der Waals surface area contributed by atoms with E-state index >= 15 is 0 Å². The number of carbonyl (C=O) groups is 2. The second-order valence-electron chi connectivity index (χ2n) is 5.80. The first-order valence-corrected chi connectivity index (χ1v) is 7.92. The third-order valence-corrected chi connectivity index (χ3v) is 3.75. The van der Waals surface area contributed by atoms with E-state index in [4.69, 9.17) is 5.73 Å². The number of hydrogen-bond acceptors (Lipinski definition) is 6. The van der Waals surface area contributed by atoms with Crippen molar-refractivity contribution in [2.24, 2.45) is 0 Å². The van der Waals surface area contributed by atoms with Crippen LogP contribution in [0.15, 0.2) is 48.8 Å². The summed E-state index contributed by atoms with van der Waals surface area (Å²) < 4.78 is 0. The number of nitrogen functional groups attached to an aromatic ring is 1. The fourth-order valence-corrected chi connectivity index (χ4v) is 2.30. The van der Waals surface area contributed by atoms with Gasteiger partial charge < -0.3 is 11.1 Å². The van der Waals surface area contributed by atoms with Crippen LogP contribution in [0.1, 0.15) is 33.5 Å². The highest BCUT2D eigenvalue weighted by Gasteiger charge is 2.15. The van der Waals surface area contributed by atoms with Crippen LogP contribution in [0.3, 0.4) is 0 Å². The predicted octanol–water partition coefficient (Wildman–Crippen LogP) is 2.88. The first-order valence-electron chi connectivity index (χ1n) is 7.92. The molecular weight excluding hydrogens is 330 g/mol. The number of nitrogens with two attached hydrogens (primary N) is 1. The molecule has 0 unspecified atom stereocenters. The molecule has 0 fully saturated rings. The molecule has 0 aliphatic heterocycles. The third kappa shape index (κ3) is 3.72. The van der Waals surface area contributed by atoms with Crippen LogP contribution in [0.25, 0.3) is 11.3 Å². The van der Waals surface area contributed by atoms with Crippen LogP contribution in [0.2, 0.25) is 0 Å². The number of ketones is 1. The van der Waals surface area contributed by atoms with Gasteiger partial charge in [0.05, 0.1) is 23.8 Å². The van der Waals surface area contributed by atoms with E-state index in [1.807, 2.05) is 31.2 Å². The van der Waals surface area contributed by atoms with Crippen LogP contribution in [-0.2, 0) is 0 Å². The van der Waals surface area contributed by atoms with Crippen molar-refractivity contribution in [3.05, 3.63) is 65.7 Å². The molecule has 0 aliphatic carbocycles. The molecule has 3 aromatic rings. The van der Waals surface area contributed by atoms with E-state index in [0.29, 0.717) is 17.1 Å². The standard InChI is InChI=1S/C19H17N5O2/c1-11-3-5-13(6-4-11)16-10-22-18(20)17(24-16)19(26)23-14-7-8-15(12(2)25)21-9-14/h3-10H,1-2H3,(H2,20,22)(H,23,26). The number of aryl methyl sites for hydroxylation is 1. The maximum Gasteiger partial charge on any atom is 0.278 e. The number of anilines is 2. The summed E-state index contributed by atoms with van der Waals surface area (Å²) in [6.45, 7) is 3.41. The molecule has 3 N–H and O–H groups in total. The largest absolute Gasteiger partial charge is 0.382 e. The molecule has 0 saturated heterocycles. The molecule has 130 valence electrons. The number of Topliss-reactive ketones (excluding diaryl/α,β-unsaturated/α-hetero) is 1. The number of nitrogens with one attached hydrogen (secondary N) is 1. The van der Waals surface area contributed by atoms with Crippen LogP contribution in [0.4, 0.5) is 11.5 Å². The van der Waals surface area contributed by atoms with E-state index in [0.717, 1.165) is 11.1 Å². The number of nitrogens with zero attached hydrogens (tertiary/aromatic N) is 3. The molecule has 0 atom stereocenters. The average molecular weight is 347 g/mol. The molecule has 0 bridgehead atoms. The van der Waals surface area contributed by atoms with E-state index in [9.17, 15) is 9.59 Å². The van der Waals surface area contributed by atoms with E-state index in [1.54, 1.807) is 6.07 Å². The smallest absolute Gasteiger partial charge is 0.278 e. The Hall–Kier alpha value is -3.61. The van der Waals surface area contributed by atoms with Crippen molar-refractivity contribution in [2.75, 3.05) is 11.1 Å². The van der Waals surface area contributed by atoms with Gasteiger partial charge in [-0.15, -0.1) is 0 Å². The minimum absolute atomic E-state index is 0.0266. The fraction of sp³-hybridized carbons (Fsp3) is 0.105. The van der Waals surface area contributed by atoms with Gasteiger partial charge in [-0.3, -0.25) is 14.6 Å². The highest BCUT2D eigenvalue weighted by Crippen LogP contribution is 2.20. The molecule has 7 nitrogen and oxygen atoms in total. The van der Waals surface area contributed by atoms with Crippen molar-refractivity contribution in [3.8, 4) is 11.3 Å². The Labute approximate surface area is 150 Å². The molecule has 3 rings (SSSR count). The number of aromatic nitrogens is 3. The van der Waals surface area contributed by atoms with Gasteiger partial charge in [-0.05, 0) is 19.1 Å². The summed E-state index contributed by atoms with van der Waals surface area (Å²) in [6.07, 6.45) is 2.93. The summed E-state index contributed by atoms with van der Waals surface area (Å²) in [6, 6.07) is 10.8. The molecule has 2 heterocycles. The summed E-state index contributed by atoms with van der Waals surface area (Å²) in [5.74, 6) is -0.614. The van der Waals surface area contributed by atoms with Gasteiger partial charge in [0, 0.05) is 12.5 Å². The summed E-state index contributed by atoms with van der Waals surface area (Å²) in [5, 5.41) is 2.66. The van der Waals surface area contributed by atoms with Crippen molar-refractivity contribution in [1.29, 1.82) is 0 Å². The number of benzene rings is 1. The number of amides is 1. The quantitative estimate of drug-likeness (QED) is 0.702. The second kappa shape index (κ2) is 7.10. The lowest BCUT2D eigenvalue weighted by molar-refractivity contribution is 0.101. The molecule has 0 aliphatic rings. The van der Waals surface area contributed by atoms with Crippen molar-refractivity contribution >= 4 is 23.2 Å². The maximum atomic E-state index is 12.5. The van der Waals surface area contributed by atoms with Crippen molar-refractivity contribution in [1.82, 2.24) is 15.0 Å². The van der Waals surface area contributed by atoms with E-state index in [1.165, 1.54) is 25.4 Å². The van der Waals surface area contributed by atoms with Crippen molar-refractivity contribution in [2.45, 2.75) is 13.8 Å². The normalized spacial score (nSPS) is 10.4. The molecule has 2 aromatic heterocycles. The Morgan fingerprint density at radius 1 is 1.00 bits per heavy atom. The SMILES string of the molecule is CC(=O)c1ccc(NC(=O)c2nc(-c3ccc(C)cc3)cnc2N)cn1. The van der Waals surface area contributed by atoms with Gasteiger partial charge in [-0.1, -0.05) is 29.8 Å². The lowest BCUT2D eigenvalue weighted by atomic mass is 10.1. The third-order valence-electron chi connectivity index (χ3n) is 3.75. The Balaban J connectivity index is 1.85. The van der Waals surface area contributed by atoms with Crippen molar-refractivity contribution < 1.29 is 9.59 Å². The highest BCUT2D eigenvalue weighted by molar-refractivity contribution is 6.06. The number of hydrogen-bond donors (Lipinski definition) is 2. The van der Waals surface area contributed by atoms with E-state index in [-0.39, 0.29) is 17.3 Å². The first kappa shape index (κ1) is 17.2. The summed E-state index contributed by atoms with van der Waals surface area (Å²) >= 11 is 0.